The number of aromatic hydroxyl groups is 1. The first-order valence-corrected chi connectivity index (χ1v) is 7.39. The van der Waals surface area contributed by atoms with Crippen LogP contribution >= 0.6 is 0 Å². The average molecular weight is 316 g/mol. The summed E-state index contributed by atoms with van der Waals surface area (Å²) in [6.45, 7) is 0.181. The number of rotatable bonds is 5. The Morgan fingerprint density at radius 3 is 2.78 bits per heavy atom. The first-order valence-electron chi connectivity index (χ1n) is 7.39. The molecule has 0 atom stereocenters. The Hall–Kier alpha value is -2.54. The average Bonchev–Trinajstić information content (AvgIpc) is 3.32. The van der Waals surface area contributed by atoms with Gasteiger partial charge in [-0.05, 0) is 49.6 Å². The highest BCUT2D eigenvalue weighted by Gasteiger charge is 2.29. The largest absolute Gasteiger partial charge is 0.507 e. The van der Waals surface area contributed by atoms with Gasteiger partial charge in [0.15, 0.2) is 5.82 Å². The number of phenolic OH excluding ortho intramolecular Hbond substituents is 1. The molecule has 1 aliphatic carbocycles. The highest BCUT2D eigenvalue weighted by Crippen LogP contribution is 2.45. The van der Waals surface area contributed by atoms with E-state index in [0.29, 0.717) is 23.0 Å². The summed E-state index contributed by atoms with van der Waals surface area (Å²) in [5.41, 5.74) is 1.87. The quantitative estimate of drug-likeness (QED) is 0.785. The van der Waals surface area contributed by atoms with Gasteiger partial charge in [0.2, 0.25) is 5.91 Å². The topological polar surface area (TPSA) is 87.1 Å². The van der Waals surface area contributed by atoms with E-state index in [2.05, 4.69) is 20.8 Å². The number of halogens is 1. The van der Waals surface area contributed by atoms with Gasteiger partial charge in [-0.1, -0.05) is 0 Å². The van der Waals surface area contributed by atoms with E-state index in [4.69, 9.17) is 0 Å². The molecular weight excluding hydrogens is 299 g/mol. The monoisotopic (exact) mass is 316 g/mol. The zero-order chi connectivity index (χ0) is 16.4. The van der Waals surface area contributed by atoms with Crippen molar-refractivity contribution in [3.63, 3.8) is 0 Å². The Morgan fingerprint density at radius 2 is 2.13 bits per heavy atom. The van der Waals surface area contributed by atoms with Crippen LogP contribution in [0.5, 0.6) is 5.75 Å². The van der Waals surface area contributed by atoms with Crippen LogP contribution in [-0.2, 0) is 4.79 Å². The lowest BCUT2D eigenvalue weighted by Gasteiger charge is -2.11. The van der Waals surface area contributed by atoms with E-state index in [1.54, 1.807) is 13.1 Å². The minimum Gasteiger partial charge on any atom is -0.507 e. The number of carbonyl (C=O) groups excluding carboxylic acids is 1. The predicted octanol–water partition coefficient (Wildman–Crippen LogP) is 2.02. The zero-order valence-corrected chi connectivity index (χ0v) is 12.6. The number of aromatic nitrogens is 2. The summed E-state index contributed by atoms with van der Waals surface area (Å²) in [5, 5.41) is 23.5. The summed E-state index contributed by atoms with van der Waals surface area (Å²) in [4.78, 5) is 11.6. The van der Waals surface area contributed by atoms with Crippen molar-refractivity contribution in [2.75, 3.05) is 18.9 Å². The molecule has 1 aromatic carbocycles. The molecule has 1 heterocycles. The molecule has 1 aliphatic rings. The van der Waals surface area contributed by atoms with Gasteiger partial charge < -0.3 is 15.7 Å². The first kappa shape index (κ1) is 15.4. The van der Waals surface area contributed by atoms with Gasteiger partial charge in [0.25, 0.3) is 0 Å². The number of nitrogens with zero attached hydrogens (tertiary/aromatic N) is 2. The molecule has 0 unspecified atom stereocenters. The van der Waals surface area contributed by atoms with E-state index in [1.807, 2.05) is 0 Å². The van der Waals surface area contributed by atoms with Gasteiger partial charge >= 0.3 is 0 Å². The minimum atomic E-state index is -0.511. The number of hydrogen-bond acceptors (Lipinski definition) is 5. The van der Waals surface area contributed by atoms with Crippen LogP contribution in [0.2, 0.25) is 0 Å². The normalized spacial score (nSPS) is 13.8. The molecule has 1 aromatic heterocycles. The fourth-order valence-electron chi connectivity index (χ4n) is 2.43. The zero-order valence-electron chi connectivity index (χ0n) is 12.6. The number of amides is 1. The summed E-state index contributed by atoms with van der Waals surface area (Å²) in [6.07, 6.45) is 2.04. The Bertz CT molecular complexity index is 747. The molecule has 1 fully saturated rings. The van der Waals surface area contributed by atoms with Crippen molar-refractivity contribution in [1.29, 1.82) is 0 Å². The lowest BCUT2D eigenvalue weighted by atomic mass is 10.0. The number of nitrogens with one attached hydrogen (secondary N) is 2. The van der Waals surface area contributed by atoms with Crippen molar-refractivity contribution >= 4 is 11.7 Å². The summed E-state index contributed by atoms with van der Waals surface area (Å²) in [6, 6.07) is 5.59. The second-order valence-corrected chi connectivity index (χ2v) is 5.55. The molecule has 0 radical (unpaired) electrons. The van der Waals surface area contributed by atoms with Crippen molar-refractivity contribution in [3.05, 3.63) is 35.6 Å². The molecule has 3 N–H and O–H groups in total. The molecule has 3 rings (SSSR count). The summed E-state index contributed by atoms with van der Waals surface area (Å²) in [5.74, 6) is -0.195. The second kappa shape index (κ2) is 6.29. The number of benzene rings is 1. The third-order valence-corrected chi connectivity index (χ3v) is 3.66. The van der Waals surface area contributed by atoms with Gasteiger partial charge in [-0.25, -0.2) is 4.39 Å². The molecule has 6 nitrogen and oxygen atoms in total. The van der Waals surface area contributed by atoms with Crippen LogP contribution in [0.1, 0.15) is 24.3 Å². The fraction of sp³-hybridized carbons (Fsp3) is 0.312. The molecule has 7 heteroatoms. The third kappa shape index (κ3) is 3.45. The maximum absolute atomic E-state index is 13.2. The SMILES string of the molecule is CNCC(=O)Nc1cc(C2CC2)c(-c2ccc(F)cc2O)nn1. The third-order valence-electron chi connectivity index (χ3n) is 3.66. The van der Waals surface area contributed by atoms with Crippen molar-refractivity contribution in [2.24, 2.45) is 0 Å². The number of phenols is 1. The van der Waals surface area contributed by atoms with E-state index in [-0.39, 0.29) is 18.2 Å². The van der Waals surface area contributed by atoms with Gasteiger partial charge in [0.1, 0.15) is 17.3 Å². The number of carbonyl (C=O) groups is 1. The molecule has 1 saturated carbocycles. The van der Waals surface area contributed by atoms with Crippen LogP contribution in [0.15, 0.2) is 24.3 Å². The molecule has 120 valence electrons. The predicted molar refractivity (Wildman–Crippen MR) is 83.6 cm³/mol. The summed E-state index contributed by atoms with van der Waals surface area (Å²) < 4.78 is 13.2. The molecule has 1 amide bonds. The molecule has 23 heavy (non-hydrogen) atoms. The standard InChI is InChI=1S/C16H17FN4O2/c1-18-8-15(23)19-14-7-12(9-2-3-9)16(21-20-14)11-5-4-10(17)6-13(11)22/h4-7,9,18,22H,2-3,8H2,1H3,(H,19,20,23). The van der Waals surface area contributed by atoms with Crippen molar-refractivity contribution in [3.8, 4) is 17.0 Å². The van der Waals surface area contributed by atoms with Gasteiger partial charge in [-0.2, -0.15) is 0 Å². The Labute approximate surface area is 132 Å². The van der Waals surface area contributed by atoms with Gasteiger partial charge in [0.05, 0.1) is 6.54 Å². The summed E-state index contributed by atoms with van der Waals surface area (Å²) >= 11 is 0. The number of anilines is 1. The van der Waals surface area contributed by atoms with E-state index in [9.17, 15) is 14.3 Å². The van der Waals surface area contributed by atoms with Crippen LogP contribution in [0.4, 0.5) is 10.2 Å². The van der Waals surface area contributed by atoms with E-state index in [1.165, 1.54) is 12.1 Å². The Morgan fingerprint density at radius 1 is 1.35 bits per heavy atom. The highest BCUT2D eigenvalue weighted by atomic mass is 19.1. The van der Waals surface area contributed by atoms with Crippen LogP contribution in [-0.4, -0.2) is 34.8 Å². The van der Waals surface area contributed by atoms with Crippen molar-refractivity contribution in [1.82, 2.24) is 15.5 Å². The lowest BCUT2D eigenvalue weighted by molar-refractivity contribution is -0.115. The molecule has 0 aliphatic heterocycles. The van der Waals surface area contributed by atoms with Crippen molar-refractivity contribution in [2.45, 2.75) is 18.8 Å². The van der Waals surface area contributed by atoms with Crippen LogP contribution in [0, 0.1) is 5.82 Å². The van der Waals surface area contributed by atoms with Crippen molar-refractivity contribution < 1.29 is 14.3 Å². The van der Waals surface area contributed by atoms with Crippen LogP contribution in [0.25, 0.3) is 11.3 Å². The maximum atomic E-state index is 13.2. The van der Waals surface area contributed by atoms with Crippen LogP contribution in [0.3, 0.4) is 0 Å². The smallest absolute Gasteiger partial charge is 0.239 e. The molecule has 0 saturated heterocycles. The number of likely N-dealkylation sites (N-methyl/N-ethyl adjacent to an activating group) is 1. The maximum Gasteiger partial charge on any atom is 0.239 e. The van der Waals surface area contributed by atoms with Gasteiger partial charge in [0, 0.05) is 11.6 Å². The molecular formula is C16H17FN4O2. The van der Waals surface area contributed by atoms with Crippen LogP contribution < -0.4 is 10.6 Å². The fourth-order valence-corrected chi connectivity index (χ4v) is 2.43. The number of hydrogen-bond donors (Lipinski definition) is 3. The van der Waals surface area contributed by atoms with E-state index < -0.39 is 5.82 Å². The summed E-state index contributed by atoms with van der Waals surface area (Å²) in [7, 11) is 1.68. The van der Waals surface area contributed by atoms with Gasteiger partial charge in [-0.3, -0.25) is 4.79 Å². The molecule has 0 spiro atoms. The molecule has 2 aromatic rings. The Balaban J connectivity index is 1.96. The minimum absolute atomic E-state index is 0.173. The van der Waals surface area contributed by atoms with E-state index >= 15 is 0 Å². The van der Waals surface area contributed by atoms with E-state index in [0.717, 1.165) is 24.5 Å². The lowest BCUT2D eigenvalue weighted by Crippen LogP contribution is -2.25. The first-order chi connectivity index (χ1) is 11.1. The molecule has 0 bridgehead atoms. The highest BCUT2D eigenvalue weighted by molar-refractivity contribution is 5.91. The Kier molecular flexibility index (Phi) is 4.20. The van der Waals surface area contributed by atoms with Gasteiger partial charge in [-0.15, -0.1) is 10.2 Å². The second-order valence-electron chi connectivity index (χ2n) is 5.55.